The third-order valence-electron chi connectivity index (χ3n) is 17.3. The average molecular weight is 1560 g/mol. The molecular formula is C84H84BClF9N9O8. The first-order chi connectivity index (χ1) is 51.5. The van der Waals surface area contributed by atoms with Crippen molar-refractivity contribution in [2.24, 2.45) is 21.1 Å². The molecule has 0 aliphatic rings. The number of rotatable bonds is 13. The van der Waals surface area contributed by atoms with Crippen molar-refractivity contribution in [2.75, 3.05) is 16.0 Å². The Morgan fingerprint density at radius 1 is 0.464 bits per heavy atom. The van der Waals surface area contributed by atoms with Crippen molar-refractivity contribution < 1.29 is 65.4 Å². The zero-order valence-corrected chi connectivity index (χ0v) is 60.7. The molecule has 0 aliphatic heterocycles. The number of hydrogen-bond donors (Lipinski definition) is 5. The third-order valence-corrected chi connectivity index (χ3v) is 17.5. The lowest BCUT2D eigenvalue weighted by molar-refractivity contribution is -0.138. The highest BCUT2D eigenvalue weighted by molar-refractivity contribution is 6.47. The van der Waals surface area contributed by atoms with E-state index in [4.69, 9.17) is 21.6 Å². The molecule has 6 heterocycles. The van der Waals surface area contributed by atoms with Gasteiger partial charge in [-0.15, -0.1) is 0 Å². The number of nitrogens with one attached hydrogen (secondary N) is 3. The molecule has 28 heteroatoms. The standard InChI is InChI=1S/C27H24F3N3O2.C27H22F3N3O2.C24H17ClF3N3O2.C3H7BO2.3CH4.H2/c2*1-4-6-20-14-24-18(15-31-20)12-23(26(35)33(24)3)22-13-21(10-9-16(22)2)32-25(34)17-7-5-8-19(11-17)27(28,29)30;1-13-6-7-17(30-22(32)14-4-3-5-16(8-14)24(26,27)28)10-18(13)19-9-15-12-29-21(25)11-20(15)31(2)23(19)33;1-2-3-4(5)6;;;;/h5,7-15H,4,6H2,1-3H3,(H,32,34);4-15H,1-3H3,(H,32,34);3-12H,1-2H3,(H,30,32);2-3,5-6H,1H3;3*1H4;1H/b;6-4+;;3-2+;;;;. The number of aromatic nitrogens is 6. The van der Waals surface area contributed by atoms with Gasteiger partial charge in [0.05, 0.1) is 38.9 Å². The van der Waals surface area contributed by atoms with E-state index in [-0.39, 0.29) is 62.2 Å². The number of fused-ring (bicyclic) bond motifs is 3. The number of anilines is 3. The van der Waals surface area contributed by atoms with Crippen LogP contribution in [0.2, 0.25) is 5.15 Å². The number of aryl methyl sites for hydroxylation is 7. The van der Waals surface area contributed by atoms with Gasteiger partial charge in [0.1, 0.15) is 5.15 Å². The molecule has 0 radical (unpaired) electrons. The normalized spacial score (nSPS) is 11.3. The number of halogens is 10. The largest absolute Gasteiger partial charge is 0.480 e. The first-order valence-electron chi connectivity index (χ1n) is 33.5. The molecule has 12 aromatic rings. The fourth-order valence-corrected chi connectivity index (χ4v) is 11.8. The van der Waals surface area contributed by atoms with Crippen LogP contribution in [0.5, 0.6) is 0 Å². The lowest BCUT2D eigenvalue weighted by Crippen LogP contribution is -2.20. The Bertz CT molecular complexity index is 5750. The van der Waals surface area contributed by atoms with Gasteiger partial charge in [0.2, 0.25) is 0 Å². The zero-order chi connectivity index (χ0) is 79.6. The molecule has 0 saturated heterocycles. The molecule has 3 amide bonds. The van der Waals surface area contributed by atoms with Crippen molar-refractivity contribution in [1.29, 1.82) is 0 Å². The van der Waals surface area contributed by atoms with E-state index in [0.717, 1.165) is 99.1 Å². The predicted octanol–water partition coefficient (Wildman–Crippen LogP) is 19.9. The summed E-state index contributed by atoms with van der Waals surface area (Å²) in [6.45, 7) is 11.2. The summed E-state index contributed by atoms with van der Waals surface area (Å²) in [5.41, 5.74) is 6.54. The Kier molecular flexibility index (Phi) is 29.8. The zero-order valence-electron chi connectivity index (χ0n) is 59.9. The van der Waals surface area contributed by atoms with E-state index in [0.29, 0.717) is 61.3 Å². The summed E-state index contributed by atoms with van der Waals surface area (Å²) in [5, 5.41) is 26.5. The Morgan fingerprint density at radius 2 is 0.804 bits per heavy atom. The van der Waals surface area contributed by atoms with Crippen molar-refractivity contribution in [3.63, 3.8) is 0 Å². The second-order valence-corrected chi connectivity index (χ2v) is 25.5. The van der Waals surface area contributed by atoms with Crippen LogP contribution in [0.25, 0.3) is 72.2 Å². The van der Waals surface area contributed by atoms with Crippen molar-refractivity contribution in [1.82, 2.24) is 28.7 Å². The fourth-order valence-electron chi connectivity index (χ4n) is 11.6. The molecule has 6 aromatic heterocycles. The summed E-state index contributed by atoms with van der Waals surface area (Å²) in [6.07, 6.45) is -1.59. The number of nitrogens with zero attached hydrogens (tertiary/aromatic N) is 6. The highest BCUT2D eigenvalue weighted by Gasteiger charge is 2.33. The van der Waals surface area contributed by atoms with Crippen molar-refractivity contribution in [2.45, 2.75) is 95.2 Å². The Morgan fingerprint density at radius 3 is 1.12 bits per heavy atom. The van der Waals surface area contributed by atoms with Crippen molar-refractivity contribution >= 4 is 92.3 Å². The van der Waals surface area contributed by atoms with Crippen LogP contribution in [0.3, 0.4) is 0 Å². The summed E-state index contributed by atoms with van der Waals surface area (Å²) in [5.74, 6) is -0.774. The van der Waals surface area contributed by atoms with E-state index in [1.54, 1.807) is 141 Å². The van der Waals surface area contributed by atoms with E-state index in [1.807, 2.05) is 52.0 Å². The summed E-state index contributed by atoms with van der Waals surface area (Å²) in [7, 11) is 3.73. The summed E-state index contributed by atoms with van der Waals surface area (Å²) >= 11 is 5.95. The van der Waals surface area contributed by atoms with Crippen LogP contribution in [-0.4, -0.2) is 63.5 Å². The molecule has 0 saturated carbocycles. The van der Waals surface area contributed by atoms with Gasteiger partial charge in [-0.1, -0.05) is 102 Å². The summed E-state index contributed by atoms with van der Waals surface area (Å²) < 4.78 is 122. The predicted molar refractivity (Wildman–Crippen MR) is 431 cm³/mol. The van der Waals surface area contributed by atoms with Crippen molar-refractivity contribution in [3.8, 4) is 33.4 Å². The van der Waals surface area contributed by atoms with Gasteiger partial charge in [-0.05, 0) is 208 Å². The number of benzene rings is 6. The number of carbonyl (C=O) groups is 3. The smallest absolute Gasteiger partial charge is 0.424 e. The molecule has 0 spiro atoms. The lowest BCUT2D eigenvalue weighted by atomic mass is 9.92. The SMILES string of the molecule is C.C.C.C/C=C/B(O)O.C/C=C/c1cc2c(cn1)cc(-c1cc(NC(=O)c3cccc(C(F)(F)F)c3)ccc1C)c(=O)n2C.CCCc1cc2c(cn1)cc(-c1cc(NC(=O)c3cccc(C(F)(F)F)c3)ccc1C)c(=O)n2C.Cc1ccc(NC(=O)c2cccc(C(F)(F)F)c2)cc1-c1cc2cnc(Cl)cc2n(C)c1=O.[HH]. The van der Waals surface area contributed by atoms with Gasteiger partial charge in [0.25, 0.3) is 34.4 Å². The van der Waals surface area contributed by atoms with Gasteiger partial charge in [-0.2, -0.15) is 39.5 Å². The van der Waals surface area contributed by atoms with Gasteiger partial charge in [0, 0.05) is 113 Å². The number of pyridine rings is 6. The number of allylic oxidation sites excluding steroid dienone is 2. The lowest BCUT2D eigenvalue weighted by Gasteiger charge is -2.14. The molecule has 0 fully saturated rings. The van der Waals surface area contributed by atoms with E-state index < -0.39 is 60.1 Å². The first kappa shape index (κ1) is 88.8. The number of hydrogen-bond acceptors (Lipinski definition) is 11. The number of alkyl halides is 9. The van der Waals surface area contributed by atoms with E-state index in [9.17, 15) is 68.3 Å². The minimum Gasteiger partial charge on any atom is -0.424 e. The van der Waals surface area contributed by atoms with Gasteiger partial charge >= 0.3 is 25.6 Å². The maximum atomic E-state index is 13.2. The highest BCUT2D eigenvalue weighted by Crippen LogP contribution is 2.35. The van der Waals surface area contributed by atoms with Crippen LogP contribution < -0.4 is 32.6 Å². The summed E-state index contributed by atoms with van der Waals surface area (Å²) in [6, 6.07) is 38.2. The maximum Gasteiger partial charge on any atom is 0.480 e. The monoisotopic (exact) mass is 1560 g/mol. The molecule has 586 valence electrons. The van der Waals surface area contributed by atoms with E-state index in [1.165, 1.54) is 46.9 Å². The fraction of sp³-hybridized carbons (Fsp3) is 0.202. The van der Waals surface area contributed by atoms with Crippen LogP contribution in [0.1, 0.15) is 127 Å². The molecule has 6 aromatic carbocycles. The molecule has 0 unspecified atom stereocenters. The van der Waals surface area contributed by atoms with Gasteiger partial charge < -0.3 is 39.7 Å². The van der Waals surface area contributed by atoms with Crippen LogP contribution >= 0.6 is 11.6 Å². The third kappa shape index (κ3) is 21.5. The first-order valence-corrected chi connectivity index (χ1v) is 33.9. The molecular weight excluding hydrogens is 1480 g/mol. The van der Waals surface area contributed by atoms with Crippen LogP contribution in [0.4, 0.5) is 56.6 Å². The van der Waals surface area contributed by atoms with Gasteiger partial charge in [-0.3, -0.25) is 38.7 Å². The molecule has 0 atom stereocenters. The number of amides is 3. The topological polar surface area (TPSA) is 232 Å². The second kappa shape index (κ2) is 37.6. The number of carbonyl (C=O) groups excluding carboxylic acids is 3. The second-order valence-electron chi connectivity index (χ2n) is 25.1. The van der Waals surface area contributed by atoms with E-state index in [2.05, 4.69) is 37.8 Å². The highest BCUT2D eigenvalue weighted by atomic mass is 35.5. The Hall–Kier alpha value is -12.1. The van der Waals surface area contributed by atoms with Crippen molar-refractivity contribution in [3.05, 3.63) is 298 Å². The molecule has 112 heavy (non-hydrogen) atoms. The van der Waals surface area contributed by atoms with Crippen LogP contribution in [-0.2, 0) is 46.1 Å². The minimum absolute atomic E-state index is 0. The van der Waals surface area contributed by atoms with E-state index >= 15 is 0 Å². The Labute approximate surface area is 647 Å². The van der Waals surface area contributed by atoms with Gasteiger partial charge in [-0.25, -0.2) is 4.98 Å². The molecule has 12 rings (SSSR count). The molecule has 0 aliphatic carbocycles. The van der Waals surface area contributed by atoms with Crippen LogP contribution in [0.15, 0.2) is 215 Å². The van der Waals surface area contributed by atoms with Crippen LogP contribution in [0, 0.1) is 20.8 Å². The summed E-state index contributed by atoms with van der Waals surface area (Å²) in [4.78, 5) is 90.3. The van der Waals surface area contributed by atoms with Gasteiger partial charge in [0.15, 0.2) is 0 Å². The maximum absolute atomic E-state index is 13.2. The Balaban J connectivity index is 0.000000287. The average Bonchev–Trinajstić information content (AvgIpc) is 0.777. The molecule has 5 N–H and O–H groups in total. The molecule has 0 bridgehead atoms. The molecule has 17 nitrogen and oxygen atoms in total. The quantitative estimate of drug-likeness (QED) is 0.0414. The minimum atomic E-state index is -4.55.